The van der Waals surface area contributed by atoms with Crippen LogP contribution in [0.2, 0.25) is 0 Å². The van der Waals surface area contributed by atoms with Gasteiger partial charge in [-0.2, -0.15) is 4.39 Å². The Kier molecular flexibility index (Phi) is 4.93. The highest BCUT2D eigenvalue weighted by Crippen LogP contribution is 2.25. The monoisotopic (exact) mass is 304 g/mol. The van der Waals surface area contributed by atoms with Gasteiger partial charge in [-0.3, -0.25) is 0 Å². The maximum Gasteiger partial charge on any atom is 0.367 e. The molecule has 0 bridgehead atoms. The van der Waals surface area contributed by atoms with Gasteiger partial charge < -0.3 is 14.0 Å². The normalized spacial score (nSPS) is 11.4. The molecule has 0 fully saturated rings. The summed E-state index contributed by atoms with van der Waals surface area (Å²) in [5.41, 5.74) is 2.15. The van der Waals surface area contributed by atoms with Crippen LogP contribution in [0, 0.1) is 6.92 Å². The molecule has 0 N–H and O–H groups in total. The van der Waals surface area contributed by atoms with E-state index in [1.165, 1.54) is 7.11 Å². The van der Waals surface area contributed by atoms with Crippen molar-refractivity contribution in [2.24, 2.45) is 0 Å². The molecule has 0 radical (unpaired) electrons. The molecule has 0 aliphatic heterocycles. The van der Waals surface area contributed by atoms with E-state index < -0.39 is 11.8 Å². The van der Waals surface area contributed by atoms with E-state index in [0.29, 0.717) is 11.3 Å². The number of hydrogen-bond acceptors (Lipinski definition) is 4. The zero-order chi connectivity index (χ0) is 16.1. The summed E-state index contributed by atoms with van der Waals surface area (Å²) in [6, 6.07) is 5.10. The van der Waals surface area contributed by atoms with Crippen molar-refractivity contribution in [2.45, 2.75) is 13.8 Å². The SMILES string of the molecule is CCOC(=O)/C(F)=C/c1ccc(-n2cnc(C)c2)c(OC)c1. The first kappa shape index (κ1) is 15.8. The van der Waals surface area contributed by atoms with E-state index in [2.05, 4.69) is 9.72 Å². The third-order valence-electron chi connectivity index (χ3n) is 2.96. The summed E-state index contributed by atoms with van der Waals surface area (Å²) >= 11 is 0. The van der Waals surface area contributed by atoms with E-state index in [0.717, 1.165) is 17.5 Å². The minimum Gasteiger partial charge on any atom is -0.495 e. The summed E-state index contributed by atoms with van der Waals surface area (Å²) in [5, 5.41) is 0. The van der Waals surface area contributed by atoms with Gasteiger partial charge in [0.1, 0.15) is 5.75 Å². The van der Waals surface area contributed by atoms with Crippen molar-refractivity contribution >= 4 is 12.0 Å². The number of benzene rings is 1. The Bertz CT molecular complexity index is 707. The summed E-state index contributed by atoms with van der Waals surface area (Å²) < 4.78 is 25.4. The molecule has 0 amide bonds. The van der Waals surface area contributed by atoms with Crippen LogP contribution in [0.4, 0.5) is 4.39 Å². The number of imidazole rings is 1. The summed E-state index contributed by atoms with van der Waals surface area (Å²) in [4.78, 5) is 15.4. The summed E-state index contributed by atoms with van der Waals surface area (Å²) in [6.07, 6.45) is 4.64. The van der Waals surface area contributed by atoms with E-state index in [1.54, 1.807) is 31.5 Å². The van der Waals surface area contributed by atoms with Crippen LogP contribution < -0.4 is 4.74 Å². The lowest BCUT2D eigenvalue weighted by atomic mass is 10.1. The smallest absolute Gasteiger partial charge is 0.367 e. The number of halogens is 1. The van der Waals surface area contributed by atoms with Gasteiger partial charge >= 0.3 is 5.97 Å². The largest absolute Gasteiger partial charge is 0.495 e. The van der Waals surface area contributed by atoms with Crippen molar-refractivity contribution in [2.75, 3.05) is 13.7 Å². The highest BCUT2D eigenvalue weighted by molar-refractivity contribution is 5.91. The molecule has 0 spiro atoms. The zero-order valence-corrected chi connectivity index (χ0v) is 12.7. The molecule has 6 heteroatoms. The standard InChI is InChI=1S/C16H17FN2O3/c1-4-22-16(20)13(17)7-12-5-6-14(15(8-12)21-3)19-9-11(2)18-10-19/h5-10H,4H2,1-3H3/b13-7-. The van der Waals surface area contributed by atoms with E-state index in [-0.39, 0.29) is 6.61 Å². The van der Waals surface area contributed by atoms with Gasteiger partial charge in [-0.15, -0.1) is 0 Å². The summed E-state index contributed by atoms with van der Waals surface area (Å²) in [5.74, 6) is -1.38. The van der Waals surface area contributed by atoms with E-state index in [9.17, 15) is 9.18 Å². The van der Waals surface area contributed by atoms with Gasteiger partial charge in [0, 0.05) is 6.20 Å². The highest BCUT2D eigenvalue weighted by Gasteiger charge is 2.11. The lowest BCUT2D eigenvalue weighted by molar-refractivity contribution is -0.140. The Morgan fingerprint density at radius 2 is 2.23 bits per heavy atom. The molecule has 2 rings (SSSR count). The van der Waals surface area contributed by atoms with Crippen LogP contribution in [0.15, 0.2) is 36.6 Å². The second-order valence-electron chi connectivity index (χ2n) is 4.57. The van der Waals surface area contributed by atoms with Crippen LogP contribution in [0.25, 0.3) is 11.8 Å². The second-order valence-corrected chi connectivity index (χ2v) is 4.57. The first-order valence-corrected chi connectivity index (χ1v) is 6.78. The molecule has 0 saturated carbocycles. The van der Waals surface area contributed by atoms with Crippen molar-refractivity contribution in [3.8, 4) is 11.4 Å². The molecule has 0 unspecified atom stereocenters. The fourth-order valence-corrected chi connectivity index (χ4v) is 1.96. The summed E-state index contributed by atoms with van der Waals surface area (Å²) in [7, 11) is 1.53. The minimum atomic E-state index is -0.976. The lowest BCUT2D eigenvalue weighted by Crippen LogP contribution is -2.04. The number of rotatable bonds is 5. The number of methoxy groups -OCH3 is 1. The average Bonchev–Trinajstić information content (AvgIpc) is 2.93. The highest BCUT2D eigenvalue weighted by atomic mass is 19.1. The van der Waals surface area contributed by atoms with Crippen molar-refractivity contribution in [3.63, 3.8) is 0 Å². The average molecular weight is 304 g/mol. The predicted molar refractivity (Wildman–Crippen MR) is 80.6 cm³/mol. The van der Waals surface area contributed by atoms with Crippen molar-refractivity contribution in [1.29, 1.82) is 0 Å². The number of carbonyl (C=O) groups is 1. The first-order chi connectivity index (χ1) is 10.5. The Morgan fingerprint density at radius 3 is 2.82 bits per heavy atom. The number of ether oxygens (including phenoxy) is 2. The van der Waals surface area contributed by atoms with Crippen LogP contribution in [0.1, 0.15) is 18.2 Å². The Morgan fingerprint density at radius 1 is 1.45 bits per heavy atom. The Labute approximate surface area is 128 Å². The van der Waals surface area contributed by atoms with Crippen LogP contribution in [0.3, 0.4) is 0 Å². The third kappa shape index (κ3) is 3.52. The minimum absolute atomic E-state index is 0.127. The molecule has 0 aliphatic rings. The number of hydrogen-bond donors (Lipinski definition) is 0. The van der Waals surface area contributed by atoms with Gasteiger partial charge in [0.05, 0.1) is 31.4 Å². The first-order valence-electron chi connectivity index (χ1n) is 6.78. The Balaban J connectivity index is 2.33. The number of nitrogens with zero attached hydrogens (tertiary/aromatic N) is 2. The van der Waals surface area contributed by atoms with Crippen LogP contribution in [0.5, 0.6) is 5.75 Å². The molecule has 0 saturated heterocycles. The van der Waals surface area contributed by atoms with E-state index >= 15 is 0 Å². The van der Waals surface area contributed by atoms with Gasteiger partial charge in [-0.05, 0) is 37.6 Å². The predicted octanol–water partition coefficient (Wildman–Crippen LogP) is 3.06. The fraction of sp³-hybridized carbons (Fsp3) is 0.250. The number of carbonyl (C=O) groups excluding carboxylic acids is 1. The molecule has 1 aromatic carbocycles. The number of aryl methyl sites for hydroxylation is 1. The molecular weight excluding hydrogens is 287 g/mol. The maximum absolute atomic E-state index is 13.7. The van der Waals surface area contributed by atoms with Crippen LogP contribution in [-0.2, 0) is 9.53 Å². The second kappa shape index (κ2) is 6.89. The molecule has 0 atom stereocenters. The van der Waals surface area contributed by atoms with E-state index in [1.807, 2.05) is 17.7 Å². The topological polar surface area (TPSA) is 53.4 Å². The van der Waals surface area contributed by atoms with Crippen LogP contribution in [-0.4, -0.2) is 29.2 Å². The molecular formula is C16H17FN2O3. The molecule has 2 aromatic rings. The van der Waals surface area contributed by atoms with Crippen LogP contribution >= 0.6 is 0 Å². The quantitative estimate of drug-likeness (QED) is 0.629. The van der Waals surface area contributed by atoms with Gasteiger partial charge in [-0.25, -0.2) is 9.78 Å². The molecule has 1 heterocycles. The third-order valence-corrected chi connectivity index (χ3v) is 2.96. The summed E-state index contributed by atoms with van der Waals surface area (Å²) in [6.45, 7) is 3.63. The lowest BCUT2D eigenvalue weighted by Gasteiger charge is -2.10. The van der Waals surface area contributed by atoms with Gasteiger partial charge in [-0.1, -0.05) is 6.07 Å². The number of esters is 1. The van der Waals surface area contributed by atoms with Crippen molar-refractivity contribution in [1.82, 2.24) is 9.55 Å². The van der Waals surface area contributed by atoms with Crippen molar-refractivity contribution in [3.05, 3.63) is 47.8 Å². The van der Waals surface area contributed by atoms with Gasteiger partial charge in [0.15, 0.2) is 0 Å². The molecule has 22 heavy (non-hydrogen) atoms. The fourth-order valence-electron chi connectivity index (χ4n) is 1.96. The van der Waals surface area contributed by atoms with E-state index in [4.69, 9.17) is 4.74 Å². The maximum atomic E-state index is 13.7. The van der Waals surface area contributed by atoms with Gasteiger partial charge in [0.25, 0.3) is 0 Å². The number of aromatic nitrogens is 2. The molecule has 0 aliphatic carbocycles. The molecule has 5 nitrogen and oxygen atoms in total. The van der Waals surface area contributed by atoms with Crippen molar-refractivity contribution < 1.29 is 18.7 Å². The molecule has 116 valence electrons. The zero-order valence-electron chi connectivity index (χ0n) is 12.7. The molecule has 1 aromatic heterocycles. The Hall–Kier alpha value is -2.63. The van der Waals surface area contributed by atoms with Gasteiger partial charge in [0.2, 0.25) is 5.83 Å².